The summed E-state index contributed by atoms with van der Waals surface area (Å²) in [6.45, 7) is 1.72. The zero-order valence-corrected chi connectivity index (χ0v) is 11.0. The molecule has 1 aromatic carbocycles. The summed E-state index contributed by atoms with van der Waals surface area (Å²) in [6, 6.07) is 2.06. The number of nitrogens with one attached hydrogen (secondary N) is 1. The number of aliphatic carboxylic acids is 1. The first-order chi connectivity index (χ1) is 9.35. The normalized spacial score (nSPS) is 13.5. The topological polar surface area (TPSA) is 133 Å². The first-order valence-corrected chi connectivity index (χ1v) is 6.14. The minimum Gasteiger partial charge on any atom is -0.504 e. The van der Waals surface area contributed by atoms with Crippen molar-refractivity contribution < 1.29 is 24.9 Å². The Labute approximate surface area is 116 Å². The van der Waals surface area contributed by atoms with Gasteiger partial charge in [0.2, 0.25) is 5.91 Å². The van der Waals surface area contributed by atoms with Gasteiger partial charge in [-0.3, -0.25) is 4.79 Å². The van der Waals surface area contributed by atoms with Gasteiger partial charge in [0.25, 0.3) is 0 Å². The molecule has 1 amide bonds. The van der Waals surface area contributed by atoms with Gasteiger partial charge in [0.15, 0.2) is 11.5 Å². The molecule has 7 nitrogen and oxygen atoms in total. The maximum Gasteiger partial charge on any atom is 0.326 e. The number of hydrogen-bond donors (Lipinski definition) is 5. The molecule has 0 aromatic heterocycles. The van der Waals surface area contributed by atoms with Gasteiger partial charge in [-0.15, -0.1) is 0 Å². The van der Waals surface area contributed by atoms with E-state index in [0.717, 1.165) is 0 Å². The van der Waals surface area contributed by atoms with Crippen molar-refractivity contribution in [2.75, 3.05) is 0 Å². The van der Waals surface area contributed by atoms with E-state index in [9.17, 15) is 19.8 Å². The molecule has 7 heteroatoms. The van der Waals surface area contributed by atoms with E-state index in [1.807, 2.05) is 0 Å². The Morgan fingerprint density at radius 1 is 1.30 bits per heavy atom. The zero-order valence-electron chi connectivity index (χ0n) is 11.0. The van der Waals surface area contributed by atoms with Crippen LogP contribution in [0.2, 0.25) is 0 Å². The lowest BCUT2D eigenvalue weighted by molar-refractivity contribution is -0.142. The molecule has 1 aromatic rings. The highest BCUT2D eigenvalue weighted by molar-refractivity contribution is 5.86. The summed E-state index contributed by atoms with van der Waals surface area (Å²) in [7, 11) is 0. The molecule has 2 atom stereocenters. The van der Waals surface area contributed by atoms with Crippen molar-refractivity contribution in [3.8, 4) is 11.5 Å². The van der Waals surface area contributed by atoms with Crippen LogP contribution in [0.5, 0.6) is 11.5 Å². The van der Waals surface area contributed by atoms with E-state index in [2.05, 4.69) is 5.32 Å². The summed E-state index contributed by atoms with van der Waals surface area (Å²) in [4.78, 5) is 22.7. The van der Waals surface area contributed by atoms with E-state index in [1.54, 1.807) is 6.92 Å². The first kappa shape index (κ1) is 15.8. The van der Waals surface area contributed by atoms with Gasteiger partial charge in [-0.05, 0) is 24.1 Å². The van der Waals surface area contributed by atoms with Crippen molar-refractivity contribution in [3.05, 3.63) is 23.8 Å². The maximum absolute atomic E-state index is 11.6. The number of phenolic OH excluding ortho intramolecular Hbond substituents is 2. The number of hydrogen-bond acceptors (Lipinski definition) is 5. The summed E-state index contributed by atoms with van der Waals surface area (Å²) in [5.41, 5.74) is 5.99. The highest BCUT2D eigenvalue weighted by Gasteiger charge is 2.23. The Kier molecular flexibility index (Phi) is 5.33. The summed E-state index contributed by atoms with van der Waals surface area (Å²) in [5, 5.41) is 30.0. The average Bonchev–Trinajstić information content (AvgIpc) is 2.40. The SMILES string of the molecule is CCC(N)C(=O)NC(Cc1ccc(O)c(O)c1)C(=O)O. The number of nitrogens with two attached hydrogens (primary N) is 1. The monoisotopic (exact) mass is 282 g/mol. The molecule has 0 saturated heterocycles. The van der Waals surface area contributed by atoms with E-state index >= 15 is 0 Å². The molecule has 0 spiro atoms. The van der Waals surface area contributed by atoms with Gasteiger partial charge in [-0.1, -0.05) is 13.0 Å². The van der Waals surface area contributed by atoms with Crippen LogP contribution in [-0.2, 0) is 16.0 Å². The van der Waals surface area contributed by atoms with Crippen LogP contribution >= 0.6 is 0 Å². The van der Waals surface area contributed by atoms with Gasteiger partial charge >= 0.3 is 5.97 Å². The van der Waals surface area contributed by atoms with Crippen molar-refractivity contribution in [3.63, 3.8) is 0 Å². The van der Waals surface area contributed by atoms with Gasteiger partial charge in [-0.25, -0.2) is 4.79 Å². The second-order valence-electron chi connectivity index (χ2n) is 4.44. The van der Waals surface area contributed by atoms with Gasteiger partial charge in [0, 0.05) is 6.42 Å². The Bertz CT molecular complexity index is 504. The first-order valence-electron chi connectivity index (χ1n) is 6.14. The fraction of sp³-hybridized carbons (Fsp3) is 0.385. The van der Waals surface area contributed by atoms with Gasteiger partial charge in [-0.2, -0.15) is 0 Å². The fourth-order valence-electron chi connectivity index (χ4n) is 1.60. The molecule has 110 valence electrons. The molecule has 0 radical (unpaired) electrons. The van der Waals surface area contributed by atoms with Gasteiger partial charge < -0.3 is 26.4 Å². The minimum atomic E-state index is -1.20. The van der Waals surface area contributed by atoms with Crippen LogP contribution in [0.1, 0.15) is 18.9 Å². The molecule has 0 bridgehead atoms. The molecule has 2 unspecified atom stereocenters. The number of carboxylic acids is 1. The molecule has 0 heterocycles. The van der Waals surface area contributed by atoms with Crippen molar-refractivity contribution in [2.45, 2.75) is 31.8 Å². The van der Waals surface area contributed by atoms with E-state index < -0.39 is 24.0 Å². The molecule has 0 fully saturated rings. The third-order valence-electron chi connectivity index (χ3n) is 2.87. The Balaban J connectivity index is 2.79. The number of carbonyl (C=O) groups excluding carboxylic acids is 1. The Hall–Kier alpha value is -2.28. The molecular formula is C13H18N2O5. The zero-order chi connectivity index (χ0) is 15.3. The van der Waals surface area contributed by atoms with Crippen LogP contribution in [0.4, 0.5) is 0 Å². The van der Waals surface area contributed by atoms with Gasteiger partial charge in [0.1, 0.15) is 6.04 Å². The predicted molar refractivity (Wildman–Crippen MR) is 71.3 cm³/mol. The molecule has 1 rings (SSSR count). The number of carbonyl (C=O) groups is 2. The lowest BCUT2D eigenvalue weighted by Gasteiger charge is -2.17. The molecule has 0 aliphatic rings. The fourth-order valence-corrected chi connectivity index (χ4v) is 1.60. The number of aromatic hydroxyl groups is 2. The van der Waals surface area contributed by atoms with E-state index in [1.165, 1.54) is 18.2 Å². The molecule has 0 aliphatic carbocycles. The van der Waals surface area contributed by atoms with Gasteiger partial charge in [0.05, 0.1) is 6.04 Å². The van der Waals surface area contributed by atoms with Crippen molar-refractivity contribution in [2.24, 2.45) is 5.73 Å². The van der Waals surface area contributed by atoms with Crippen LogP contribution < -0.4 is 11.1 Å². The molecule has 0 saturated carbocycles. The number of amides is 1. The predicted octanol–water partition coefficient (Wildman–Crippen LogP) is -0.0530. The number of benzene rings is 1. The van der Waals surface area contributed by atoms with Crippen molar-refractivity contribution in [1.82, 2.24) is 5.32 Å². The van der Waals surface area contributed by atoms with E-state index in [-0.39, 0.29) is 17.9 Å². The molecule has 6 N–H and O–H groups in total. The van der Waals surface area contributed by atoms with E-state index in [4.69, 9.17) is 10.8 Å². The largest absolute Gasteiger partial charge is 0.504 e. The third-order valence-corrected chi connectivity index (χ3v) is 2.87. The lowest BCUT2D eigenvalue weighted by Crippen LogP contribution is -2.49. The lowest BCUT2D eigenvalue weighted by atomic mass is 10.0. The summed E-state index contributed by atoms with van der Waals surface area (Å²) >= 11 is 0. The summed E-state index contributed by atoms with van der Waals surface area (Å²) < 4.78 is 0. The van der Waals surface area contributed by atoms with Crippen LogP contribution in [0, 0.1) is 0 Å². The quantitative estimate of drug-likeness (QED) is 0.464. The highest BCUT2D eigenvalue weighted by Crippen LogP contribution is 2.25. The Morgan fingerprint density at radius 2 is 1.95 bits per heavy atom. The van der Waals surface area contributed by atoms with Crippen LogP contribution in [0.15, 0.2) is 18.2 Å². The second-order valence-corrected chi connectivity index (χ2v) is 4.44. The summed E-state index contributed by atoms with van der Waals surface area (Å²) in [6.07, 6.45) is 0.378. The summed E-state index contributed by atoms with van der Waals surface area (Å²) in [5.74, 6) is -2.38. The highest BCUT2D eigenvalue weighted by atomic mass is 16.4. The molecule has 0 aliphatic heterocycles. The van der Waals surface area contributed by atoms with Crippen LogP contribution in [0.3, 0.4) is 0 Å². The standard InChI is InChI=1S/C13H18N2O5/c1-2-8(14)12(18)15-9(13(19)20)5-7-3-4-10(16)11(17)6-7/h3-4,6,8-9,16-17H,2,5,14H2,1H3,(H,15,18)(H,19,20). The smallest absolute Gasteiger partial charge is 0.326 e. The number of phenols is 2. The van der Waals surface area contributed by atoms with E-state index in [0.29, 0.717) is 12.0 Å². The molecular weight excluding hydrogens is 264 g/mol. The van der Waals surface area contributed by atoms with Crippen molar-refractivity contribution >= 4 is 11.9 Å². The number of rotatable bonds is 6. The van der Waals surface area contributed by atoms with Crippen LogP contribution in [-0.4, -0.2) is 39.3 Å². The van der Waals surface area contributed by atoms with Crippen molar-refractivity contribution in [1.29, 1.82) is 0 Å². The Morgan fingerprint density at radius 3 is 2.45 bits per heavy atom. The maximum atomic E-state index is 11.6. The average molecular weight is 282 g/mol. The van der Waals surface area contributed by atoms with Crippen LogP contribution in [0.25, 0.3) is 0 Å². The molecule has 20 heavy (non-hydrogen) atoms. The third kappa shape index (κ3) is 4.13. The number of carboxylic acid groups (broad SMARTS) is 1. The second kappa shape index (κ2) is 6.76. The minimum absolute atomic E-state index is 0.0225.